The first kappa shape index (κ1) is 18.5. The average molecular weight is 352 g/mol. The Morgan fingerprint density at radius 1 is 1.08 bits per heavy atom. The van der Waals surface area contributed by atoms with Crippen molar-refractivity contribution >= 4 is 5.91 Å². The van der Waals surface area contributed by atoms with Crippen LogP contribution in [0.15, 0.2) is 36.5 Å². The molecule has 0 aliphatic carbocycles. The van der Waals surface area contributed by atoms with Gasteiger partial charge in [0.25, 0.3) is 5.91 Å². The van der Waals surface area contributed by atoms with Gasteiger partial charge in [-0.05, 0) is 51.8 Å². The molecule has 0 radical (unpaired) electrons. The molecule has 1 aromatic heterocycles. The van der Waals surface area contributed by atoms with Crippen LogP contribution in [0.3, 0.4) is 0 Å². The molecule has 26 heavy (non-hydrogen) atoms. The number of aromatic nitrogens is 2. The minimum absolute atomic E-state index is 0.0636. The van der Waals surface area contributed by atoms with Gasteiger partial charge >= 0.3 is 0 Å². The van der Waals surface area contributed by atoms with Crippen LogP contribution in [0, 0.1) is 13.8 Å². The second-order valence-electron chi connectivity index (χ2n) is 6.99. The highest BCUT2D eigenvalue weighted by Crippen LogP contribution is 2.12. The van der Waals surface area contributed by atoms with Gasteiger partial charge in [0.1, 0.15) is 5.82 Å². The maximum absolute atomic E-state index is 12.8. The Balaban J connectivity index is 1.50. The van der Waals surface area contributed by atoms with Crippen molar-refractivity contribution in [2.45, 2.75) is 33.1 Å². The number of rotatable bonds is 5. The van der Waals surface area contributed by atoms with Gasteiger partial charge in [0.15, 0.2) is 0 Å². The van der Waals surface area contributed by atoms with Crippen molar-refractivity contribution in [1.29, 1.82) is 0 Å². The summed E-state index contributed by atoms with van der Waals surface area (Å²) in [5, 5.41) is 0. The van der Waals surface area contributed by atoms with Crippen molar-refractivity contribution in [3.05, 3.63) is 59.2 Å². The molecule has 0 unspecified atom stereocenters. The minimum Gasteiger partial charge on any atom is -0.337 e. The number of carbonyl (C=O) groups is 1. The maximum Gasteiger partial charge on any atom is 0.257 e. The first-order chi connectivity index (χ1) is 12.6. The topological polar surface area (TPSA) is 49.3 Å². The van der Waals surface area contributed by atoms with Gasteiger partial charge in [-0.3, -0.25) is 4.79 Å². The molecule has 0 saturated carbocycles. The lowest BCUT2D eigenvalue weighted by Crippen LogP contribution is -2.36. The van der Waals surface area contributed by atoms with E-state index in [4.69, 9.17) is 0 Å². The Bertz CT molecular complexity index is 732. The molecular formula is C21H28N4O. The van der Waals surface area contributed by atoms with E-state index in [-0.39, 0.29) is 5.91 Å². The summed E-state index contributed by atoms with van der Waals surface area (Å²) < 4.78 is 0. The van der Waals surface area contributed by atoms with E-state index in [2.05, 4.69) is 45.2 Å². The zero-order valence-corrected chi connectivity index (χ0v) is 15.8. The molecule has 0 bridgehead atoms. The van der Waals surface area contributed by atoms with E-state index in [1.165, 1.54) is 5.56 Å². The van der Waals surface area contributed by atoms with Crippen LogP contribution in [0.2, 0.25) is 0 Å². The first-order valence-corrected chi connectivity index (χ1v) is 9.49. The summed E-state index contributed by atoms with van der Waals surface area (Å²) in [4.78, 5) is 25.8. The van der Waals surface area contributed by atoms with Crippen LogP contribution in [-0.2, 0) is 6.42 Å². The van der Waals surface area contributed by atoms with Crippen molar-refractivity contribution in [2.75, 3.05) is 32.7 Å². The third-order valence-corrected chi connectivity index (χ3v) is 4.99. The highest BCUT2D eigenvalue weighted by molar-refractivity contribution is 5.94. The van der Waals surface area contributed by atoms with Gasteiger partial charge in [-0.25, -0.2) is 9.97 Å². The van der Waals surface area contributed by atoms with E-state index >= 15 is 0 Å². The molecule has 2 aromatic rings. The highest BCUT2D eigenvalue weighted by atomic mass is 16.2. The minimum atomic E-state index is 0.0636. The second-order valence-corrected chi connectivity index (χ2v) is 6.99. The van der Waals surface area contributed by atoms with Gasteiger partial charge in [0.05, 0.1) is 11.3 Å². The fourth-order valence-corrected chi connectivity index (χ4v) is 3.51. The molecule has 0 atom stereocenters. The summed E-state index contributed by atoms with van der Waals surface area (Å²) in [6.07, 6.45) is 4.95. The average Bonchev–Trinajstić information content (AvgIpc) is 2.88. The molecule has 0 spiro atoms. The number of hydrogen-bond donors (Lipinski definition) is 0. The summed E-state index contributed by atoms with van der Waals surface area (Å²) in [6, 6.07) is 10.6. The lowest BCUT2D eigenvalue weighted by Gasteiger charge is -2.22. The van der Waals surface area contributed by atoms with E-state index in [1.54, 1.807) is 6.20 Å². The normalized spacial score (nSPS) is 15.7. The molecule has 5 nitrogen and oxygen atoms in total. The van der Waals surface area contributed by atoms with E-state index in [1.807, 2.05) is 18.7 Å². The van der Waals surface area contributed by atoms with Crippen molar-refractivity contribution < 1.29 is 4.79 Å². The summed E-state index contributed by atoms with van der Waals surface area (Å²) in [6.45, 7) is 8.40. The summed E-state index contributed by atoms with van der Waals surface area (Å²) in [5.41, 5.74) is 2.80. The third kappa shape index (κ3) is 4.88. The van der Waals surface area contributed by atoms with Crippen molar-refractivity contribution in [2.24, 2.45) is 0 Å². The van der Waals surface area contributed by atoms with Crippen molar-refractivity contribution in [3.8, 4) is 0 Å². The molecule has 1 saturated heterocycles. The Morgan fingerprint density at radius 3 is 2.65 bits per heavy atom. The summed E-state index contributed by atoms with van der Waals surface area (Å²) in [5.74, 6) is 0.771. The molecule has 0 N–H and O–H groups in total. The van der Waals surface area contributed by atoms with Gasteiger partial charge in [-0.1, -0.05) is 30.3 Å². The molecule has 1 aliphatic heterocycles. The number of hydrogen-bond acceptors (Lipinski definition) is 4. The third-order valence-electron chi connectivity index (χ3n) is 4.99. The number of carbonyl (C=O) groups excluding carboxylic acids is 1. The highest BCUT2D eigenvalue weighted by Gasteiger charge is 2.22. The van der Waals surface area contributed by atoms with Crippen LogP contribution in [0.4, 0.5) is 0 Å². The fraction of sp³-hybridized carbons (Fsp3) is 0.476. The van der Waals surface area contributed by atoms with Crippen LogP contribution in [-0.4, -0.2) is 58.4 Å². The van der Waals surface area contributed by atoms with E-state index in [0.29, 0.717) is 11.4 Å². The molecule has 2 heterocycles. The standard InChI is InChI=1S/C21H28N4O/c1-17-20(16-22-18(2)23-17)21(26)25-13-7-12-24(14-15-25)11-6-10-19-8-4-3-5-9-19/h3-5,8-9,16H,6-7,10-15H2,1-2H3. The van der Waals surface area contributed by atoms with E-state index in [0.717, 1.165) is 57.7 Å². The predicted octanol–water partition coefficient (Wildman–Crippen LogP) is 2.87. The molecule has 138 valence electrons. The smallest absolute Gasteiger partial charge is 0.257 e. The quantitative estimate of drug-likeness (QED) is 0.830. The fourth-order valence-electron chi connectivity index (χ4n) is 3.51. The monoisotopic (exact) mass is 352 g/mol. The molecule has 1 aliphatic rings. The first-order valence-electron chi connectivity index (χ1n) is 9.49. The zero-order valence-electron chi connectivity index (χ0n) is 15.8. The van der Waals surface area contributed by atoms with Crippen LogP contribution >= 0.6 is 0 Å². The Hall–Kier alpha value is -2.27. The largest absolute Gasteiger partial charge is 0.337 e. The van der Waals surface area contributed by atoms with Crippen LogP contribution in [0.5, 0.6) is 0 Å². The number of amides is 1. The van der Waals surface area contributed by atoms with Gasteiger partial charge in [0.2, 0.25) is 0 Å². The summed E-state index contributed by atoms with van der Waals surface area (Å²) in [7, 11) is 0. The van der Waals surface area contributed by atoms with E-state index in [9.17, 15) is 4.79 Å². The SMILES string of the molecule is Cc1ncc(C(=O)N2CCCN(CCCc3ccccc3)CC2)c(C)n1. The van der Waals surface area contributed by atoms with E-state index < -0.39 is 0 Å². The molecule has 5 heteroatoms. The number of aryl methyl sites for hydroxylation is 3. The van der Waals surface area contributed by atoms with Crippen molar-refractivity contribution in [1.82, 2.24) is 19.8 Å². The molecule has 3 rings (SSSR count). The lowest BCUT2D eigenvalue weighted by molar-refractivity contribution is 0.0759. The Labute approximate surface area is 156 Å². The zero-order chi connectivity index (χ0) is 18.4. The molecule has 1 aromatic carbocycles. The van der Waals surface area contributed by atoms with Gasteiger partial charge in [-0.15, -0.1) is 0 Å². The van der Waals surface area contributed by atoms with Gasteiger partial charge in [0, 0.05) is 25.8 Å². The molecule has 1 amide bonds. The van der Waals surface area contributed by atoms with Crippen LogP contribution < -0.4 is 0 Å². The van der Waals surface area contributed by atoms with Gasteiger partial charge < -0.3 is 9.80 Å². The van der Waals surface area contributed by atoms with Crippen molar-refractivity contribution in [3.63, 3.8) is 0 Å². The summed E-state index contributed by atoms with van der Waals surface area (Å²) >= 11 is 0. The molecular weight excluding hydrogens is 324 g/mol. The van der Waals surface area contributed by atoms with Crippen LogP contribution in [0.1, 0.15) is 40.3 Å². The van der Waals surface area contributed by atoms with Gasteiger partial charge in [-0.2, -0.15) is 0 Å². The lowest BCUT2D eigenvalue weighted by atomic mass is 10.1. The van der Waals surface area contributed by atoms with Crippen LogP contribution in [0.25, 0.3) is 0 Å². The number of nitrogens with zero attached hydrogens (tertiary/aromatic N) is 4. The Morgan fingerprint density at radius 2 is 1.88 bits per heavy atom. The maximum atomic E-state index is 12.8. The predicted molar refractivity (Wildman–Crippen MR) is 103 cm³/mol. The molecule has 1 fully saturated rings. The Kier molecular flexibility index (Phi) is 6.34. The second kappa shape index (κ2) is 8.90. The number of benzene rings is 1.